The Labute approximate surface area is 329 Å². The predicted molar refractivity (Wildman–Crippen MR) is 214 cm³/mol. The smallest absolute Gasteiger partial charge is 0.330 e. The molecule has 0 heterocycles. The maximum Gasteiger partial charge on any atom is 0.330 e. The van der Waals surface area contributed by atoms with Crippen LogP contribution in [0.1, 0.15) is 50.9 Å². The first-order valence-electron chi connectivity index (χ1n) is 19.1. The van der Waals surface area contributed by atoms with Crippen LogP contribution in [0, 0.1) is 5.41 Å². The molecule has 0 radical (unpaired) electrons. The van der Waals surface area contributed by atoms with E-state index >= 15 is 0 Å². The van der Waals surface area contributed by atoms with Crippen LogP contribution in [0.25, 0.3) is 0 Å². The zero-order valence-corrected chi connectivity index (χ0v) is 34.8. The van der Waals surface area contributed by atoms with Crippen LogP contribution in [0.5, 0.6) is 0 Å². The quantitative estimate of drug-likeness (QED) is 0.0346. The molecular formula is C41H68N4O10. The van der Waals surface area contributed by atoms with Crippen LogP contribution in [0.15, 0.2) is 49.6 Å². The van der Waals surface area contributed by atoms with Gasteiger partial charge in [-0.2, -0.15) is 0 Å². The SMILES string of the molecule is C=CC(=O)OCCOCC(CC)(COCCOC(=O)C=C)COCCOC(=O)CCN(C)CCN(C)c1ccc(C(=O)C(C)(C)N(C)CCN(C)CC)cc1. The van der Waals surface area contributed by atoms with E-state index in [1.807, 2.05) is 66.2 Å². The zero-order chi connectivity index (χ0) is 41.3. The molecule has 14 nitrogen and oxygen atoms in total. The number of ether oxygens (including phenoxy) is 6. The molecule has 0 saturated carbocycles. The van der Waals surface area contributed by atoms with E-state index in [1.54, 1.807) is 0 Å². The van der Waals surface area contributed by atoms with Gasteiger partial charge in [-0.3, -0.25) is 14.5 Å². The molecule has 14 heteroatoms. The van der Waals surface area contributed by atoms with Crippen molar-refractivity contribution in [2.24, 2.45) is 5.41 Å². The Morgan fingerprint density at radius 1 is 0.655 bits per heavy atom. The first-order valence-corrected chi connectivity index (χ1v) is 19.1. The van der Waals surface area contributed by atoms with Gasteiger partial charge in [-0.05, 0) is 72.2 Å². The number of esters is 3. The second-order valence-electron chi connectivity index (χ2n) is 14.2. The zero-order valence-electron chi connectivity index (χ0n) is 34.8. The number of anilines is 1. The van der Waals surface area contributed by atoms with Gasteiger partial charge in [-0.1, -0.05) is 27.0 Å². The normalized spacial score (nSPS) is 11.8. The average molecular weight is 777 g/mol. The first-order chi connectivity index (χ1) is 26.1. The van der Waals surface area contributed by atoms with Gasteiger partial charge in [0.25, 0.3) is 0 Å². The van der Waals surface area contributed by atoms with E-state index in [0.29, 0.717) is 18.5 Å². The summed E-state index contributed by atoms with van der Waals surface area (Å²) in [6, 6.07) is 7.75. The fourth-order valence-electron chi connectivity index (χ4n) is 5.10. The predicted octanol–water partition coefficient (Wildman–Crippen LogP) is 3.74. The largest absolute Gasteiger partial charge is 0.463 e. The molecule has 0 amide bonds. The monoisotopic (exact) mass is 776 g/mol. The van der Waals surface area contributed by atoms with Crippen molar-refractivity contribution in [2.45, 2.75) is 46.1 Å². The number of hydrogen-bond acceptors (Lipinski definition) is 14. The van der Waals surface area contributed by atoms with Crippen molar-refractivity contribution in [2.75, 3.05) is 132 Å². The molecule has 0 aliphatic heterocycles. The van der Waals surface area contributed by atoms with Gasteiger partial charge in [-0.25, -0.2) is 9.59 Å². The number of ketones is 1. The molecule has 0 fully saturated rings. The highest BCUT2D eigenvalue weighted by molar-refractivity contribution is 6.02. The number of nitrogens with zero attached hydrogens (tertiary/aromatic N) is 4. The number of carbonyl (C=O) groups is 4. The molecule has 0 aliphatic carbocycles. The standard InChI is InChI=1S/C41H68N4O10/c1-11-36(46)53-28-25-50-31-41(13-3,32-51-26-29-54-37(47)12-2)33-52-27-30-55-38(48)19-20-43(8)21-23-44(9)35-17-15-34(16-18-35)39(49)40(5,6)45(10)24-22-42(7)14-4/h11-12,15-18H,1-2,13-14,19-33H2,3-10H3. The number of Topliss-reactive ketones (excluding diaryl/α,β-unsaturated/α-hetero) is 1. The Hall–Kier alpha value is -3.66. The average Bonchev–Trinajstić information content (AvgIpc) is 3.19. The van der Waals surface area contributed by atoms with E-state index in [9.17, 15) is 19.2 Å². The molecule has 0 atom stereocenters. The van der Waals surface area contributed by atoms with E-state index in [-0.39, 0.29) is 77.6 Å². The minimum atomic E-state index is -0.621. The summed E-state index contributed by atoms with van der Waals surface area (Å²) in [5, 5.41) is 0. The summed E-state index contributed by atoms with van der Waals surface area (Å²) >= 11 is 0. The minimum Gasteiger partial charge on any atom is -0.463 e. The number of rotatable bonds is 32. The molecule has 1 aromatic carbocycles. The molecule has 0 aromatic heterocycles. The summed E-state index contributed by atoms with van der Waals surface area (Å²) in [5.74, 6) is -1.27. The Morgan fingerprint density at radius 3 is 1.62 bits per heavy atom. The van der Waals surface area contributed by atoms with E-state index in [2.05, 4.69) is 46.7 Å². The maximum absolute atomic E-state index is 13.4. The Kier molecular flexibility index (Phi) is 24.3. The molecule has 0 spiro atoms. The number of benzene rings is 1. The molecule has 55 heavy (non-hydrogen) atoms. The van der Waals surface area contributed by atoms with Crippen molar-refractivity contribution in [1.82, 2.24) is 14.7 Å². The molecule has 0 saturated heterocycles. The molecule has 312 valence electrons. The van der Waals surface area contributed by atoms with Crippen LogP contribution in [0.3, 0.4) is 0 Å². The fourth-order valence-corrected chi connectivity index (χ4v) is 5.10. The molecule has 0 N–H and O–H groups in total. The summed E-state index contributed by atoms with van der Waals surface area (Å²) in [7, 11) is 8.05. The van der Waals surface area contributed by atoms with Crippen molar-refractivity contribution < 1.29 is 47.6 Å². The van der Waals surface area contributed by atoms with Gasteiger partial charge in [0.1, 0.15) is 19.8 Å². The van der Waals surface area contributed by atoms with Crippen LogP contribution in [0.4, 0.5) is 5.69 Å². The van der Waals surface area contributed by atoms with Crippen LogP contribution in [-0.2, 0) is 42.8 Å². The van der Waals surface area contributed by atoms with E-state index in [0.717, 1.165) is 50.6 Å². The van der Waals surface area contributed by atoms with Crippen LogP contribution in [-0.4, -0.2) is 171 Å². The lowest BCUT2D eigenvalue weighted by atomic mass is 9.88. The van der Waals surface area contributed by atoms with E-state index in [1.165, 1.54) is 0 Å². The van der Waals surface area contributed by atoms with Crippen LogP contribution < -0.4 is 4.90 Å². The third kappa shape index (κ3) is 19.7. The summed E-state index contributed by atoms with van der Waals surface area (Å²) in [6.45, 7) is 21.1. The molecule has 0 aliphatic rings. The van der Waals surface area contributed by atoms with Gasteiger partial charge < -0.3 is 43.1 Å². The fraction of sp³-hybridized carbons (Fsp3) is 0.659. The lowest BCUT2D eigenvalue weighted by molar-refractivity contribution is -0.146. The lowest BCUT2D eigenvalue weighted by Gasteiger charge is -2.35. The van der Waals surface area contributed by atoms with Gasteiger partial charge in [0.15, 0.2) is 5.78 Å². The summed E-state index contributed by atoms with van der Waals surface area (Å²) in [4.78, 5) is 57.0. The van der Waals surface area contributed by atoms with Crippen molar-refractivity contribution in [3.63, 3.8) is 0 Å². The minimum absolute atomic E-state index is 0.0811. The van der Waals surface area contributed by atoms with E-state index in [4.69, 9.17) is 28.4 Å². The van der Waals surface area contributed by atoms with E-state index < -0.39 is 22.9 Å². The summed E-state index contributed by atoms with van der Waals surface area (Å²) < 4.78 is 32.8. The van der Waals surface area contributed by atoms with Gasteiger partial charge in [-0.15, -0.1) is 0 Å². The Morgan fingerprint density at radius 2 is 1.15 bits per heavy atom. The molecule has 0 bridgehead atoms. The number of hydrogen-bond donors (Lipinski definition) is 0. The van der Waals surface area contributed by atoms with Crippen molar-refractivity contribution in [3.05, 3.63) is 55.1 Å². The molecule has 1 rings (SSSR count). The Balaban J connectivity index is 2.49. The number of carbonyl (C=O) groups excluding carboxylic acids is 4. The highest BCUT2D eigenvalue weighted by Gasteiger charge is 2.33. The lowest BCUT2D eigenvalue weighted by Crippen LogP contribution is -2.50. The van der Waals surface area contributed by atoms with Crippen molar-refractivity contribution in [1.29, 1.82) is 0 Å². The summed E-state index contributed by atoms with van der Waals surface area (Å²) in [6.07, 6.45) is 3.06. The topological polar surface area (TPSA) is 137 Å². The molecule has 1 aromatic rings. The van der Waals surface area contributed by atoms with Crippen molar-refractivity contribution >= 4 is 29.4 Å². The van der Waals surface area contributed by atoms with Gasteiger partial charge in [0, 0.05) is 68.6 Å². The van der Waals surface area contributed by atoms with Crippen LogP contribution >= 0.6 is 0 Å². The van der Waals surface area contributed by atoms with Crippen LogP contribution in [0.2, 0.25) is 0 Å². The highest BCUT2D eigenvalue weighted by Crippen LogP contribution is 2.24. The van der Waals surface area contributed by atoms with Gasteiger partial charge >= 0.3 is 17.9 Å². The number of likely N-dealkylation sites (N-methyl/N-ethyl adjacent to an activating group) is 4. The maximum atomic E-state index is 13.4. The van der Waals surface area contributed by atoms with Gasteiger partial charge in [0.2, 0.25) is 0 Å². The Bertz CT molecular complexity index is 1280. The molecular weight excluding hydrogens is 708 g/mol. The second kappa shape index (κ2) is 27.0. The van der Waals surface area contributed by atoms with Gasteiger partial charge in [0.05, 0.1) is 51.6 Å². The third-order valence-electron chi connectivity index (χ3n) is 9.69. The molecule has 0 unspecified atom stereocenters. The third-order valence-corrected chi connectivity index (χ3v) is 9.69. The first kappa shape index (κ1) is 49.4. The van der Waals surface area contributed by atoms with Crippen molar-refractivity contribution in [3.8, 4) is 0 Å². The highest BCUT2D eigenvalue weighted by atomic mass is 16.6. The second-order valence-corrected chi connectivity index (χ2v) is 14.2. The summed E-state index contributed by atoms with van der Waals surface area (Å²) in [5.41, 5.74) is 0.536.